The first-order valence-corrected chi connectivity index (χ1v) is 9.69. The summed E-state index contributed by atoms with van der Waals surface area (Å²) in [5, 5.41) is 0.447. The van der Waals surface area contributed by atoms with Gasteiger partial charge in [0.2, 0.25) is 0 Å². The Hall–Kier alpha value is -2.48. The zero-order chi connectivity index (χ0) is 20.4. The molecule has 2 aromatic heterocycles. The molecule has 4 nitrogen and oxygen atoms in total. The molecule has 0 aliphatic rings. The summed E-state index contributed by atoms with van der Waals surface area (Å²) in [6.07, 6.45) is 1.70. The molecule has 3 rings (SSSR count). The number of hydrogen-bond acceptors (Lipinski definition) is 5. The Kier molecular flexibility index (Phi) is 5.98. The van der Waals surface area contributed by atoms with Crippen LogP contribution in [-0.2, 0) is 35.2 Å². The zero-order valence-electron chi connectivity index (χ0n) is 15.7. The van der Waals surface area contributed by atoms with E-state index in [-0.39, 0.29) is 29.0 Å². The molecule has 0 fully saturated rings. The molecule has 0 aliphatic heterocycles. The van der Waals surface area contributed by atoms with Gasteiger partial charge in [-0.15, -0.1) is 11.3 Å². The van der Waals surface area contributed by atoms with Crippen molar-refractivity contribution in [2.45, 2.75) is 39.5 Å². The lowest BCUT2D eigenvalue weighted by molar-refractivity contribution is -0.139. The summed E-state index contributed by atoms with van der Waals surface area (Å²) >= 11 is 0.983. The minimum Gasteiger partial charge on any atom is -0.469 e. The Labute approximate surface area is 164 Å². The number of fused-ring (bicyclic) bond motifs is 1. The first-order chi connectivity index (χ1) is 13.4. The van der Waals surface area contributed by atoms with Crippen LogP contribution in [0.5, 0.6) is 0 Å². The van der Waals surface area contributed by atoms with Crippen LogP contribution in [0.4, 0.5) is 13.2 Å². The molecule has 3 aromatic rings. The van der Waals surface area contributed by atoms with Gasteiger partial charge in [-0.2, -0.15) is 0 Å². The Bertz CT molecular complexity index is 1050. The summed E-state index contributed by atoms with van der Waals surface area (Å²) in [6.45, 7) is 3.91. The maximum absolute atomic E-state index is 14.0. The van der Waals surface area contributed by atoms with E-state index >= 15 is 0 Å². The molecule has 148 valence electrons. The van der Waals surface area contributed by atoms with Crippen molar-refractivity contribution >= 4 is 27.5 Å². The summed E-state index contributed by atoms with van der Waals surface area (Å²) in [4.78, 5) is 20.5. The summed E-state index contributed by atoms with van der Waals surface area (Å²) in [6, 6.07) is 2.41. The highest BCUT2D eigenvalue weighted by Gasteiger charge is 2.19. The lowest BCUT2D eigenvalue weighted by Gasteiger charge is -2.13. The van der Waals surface area contributed by atoms with Crippen LogP contribution in [0.25, 0.3) is 10.2 Å². The summed E-state index contributed by atoms with van der Waals surface area (Å²) in [5.74, 6) is -3.61. The number of nitrogens with zero attached hydrogens (tertiary/aromatic N) is 2. The second-order valence-corrected chi connectivity index (χ2v) is 7.36. The van der Waals surface area contributed by atoms with Crippen LogP contribution >= 0.6 is 11.3 Å². The van der Waals surface area contributed by atoms with Crippen molar-refractivity contribution in [2.24, 2.45) is 0 Å². The topological polar surface area (TPSA) is 52.1 Å². The molecule has 0 N–H and O–H groups in total. The zero-order valence-corrected chi connectivity index (χ0v) is 16.6. The molecule has 28 heavy (non-hydrogen) atoms. The van der Waals surface area contributed by atoms with Gasteiger partial charge in [-0.05, 0) is 24.0 Å². The van der Waals surface area contributed by atoms with Crippen LogP contribution in [0.3, 0.4) is 0 Å². The number of methoxy groups -OCH3 is 1. The van der Waals surface area contributed by atoms with Crippen LogP contribution < -0.4 is 0 Å². The van der Waals surface area contributed by atoms with Crippen molar-refractivity contribution in [3.63, 3.8) is 0 Å². The fourth-order valence-corrected chi connectivity index (χ4v) is 4.08. The van der Waals surface area contributed by atoms with Gasteiger partial charge in [-0.3, -0.25) is 9.78 Å². The van der Waals surface area contributed by atoms with Crippen LogP contribution in [0, 0.1) is 17.5 Å². The molecular formula is C20H19F3N2O2S. The van der Waals surface area contributed by atoms with Gasteiger partial charge in [-0.1, -0.05) is 19.9 Å². The number of halogens is 3. The predicted molar refractivity (Wildman–Crippen MR) is 101 cm³/mol. The minimum atomic E-state index is -1.26. The maximum Gasteiger partial charge on any atom is 0.310 e. The number of esters is 1. The van der Waals surface area contributed by atoms with E-state index < -0.39 is 17.5 Å². The minimum absolute atomic E-state index is 0.0140. The second kappa shape index (κ2) is 8.26. The molecule has 0 atom stereocenters. The third-order valence-electron chi connectivity index (χ3n) is 4.49. The largest absolute Gasteiger partial charge is 0.469 e. The van der Waals surface area contributed by atoms with Gasteiger partial charge < -0.3 is 4.74 Å². The number of aromatic nitrogens is 2. The first kappa shape index (κ1) is 20.3. The Balaban J connectivity index is 2.04. The maximum atomic E-state index is 14.0. The Morgan fingerprint density at radius 3 is 2.36 bits per heavy atom. The van der Waals surface area contributed by atoms with Crippen molar-refractivity contribution in [3.05, 3.63) is 57.1 Å². The van der Waals surface area contributed by atoms with Crippen molar-refractivity contribution in [2.75, 3.05) is 7.11 Å². The molecule has 0 bridgehead atoms. The van der Waals surface area contributed by atoms with Crippen molar-refractivity contribution in [1.29, 1.82) is 0 Å². The van der Waals surface area contributed by atoms with E-state index in [0.29, 0.717) is 23.9 Å². The lowest BCUT2D eigenvalue weighted by atomic mass is 10.0. The average Bonchev–Trinajstić information content (AvgIpc) is 3.11. The van der Waals surface area contributed by atoms with Crippen LogP contribution in [0.2, 0.25) is 0 Å². The van der Waals surface area contributed by atoms with Gasteiger partial charge in [0.1, 0.15) is 11.3 Å². The number of carbonyl (C=O) groups is 1. The van der Waals surface area contributed by atoms with E-state index in [1.54, 1.807) is 0 Å². The number of carbonyl (C=O) groups excluding carboxylic acids is 1. The van der Waals surface area contributed by atoms with Crippen molar-refractivity contribution in [3.8, 4) is 0 Å². The Morgan fingerprint density at radius 1 is 1.04 bits per heavy atom. The highest BCUT2D eigenvalue weighted by Crippen LogP contribution is 2.30. The molecule has 0 saturated carbocycles. The van der Waals surface area contributed by atoms with Gasteiger partial charge in [0, 0.05) is 23.9 Å². The molecule has 0 unspecified atom stereocenters. The van der Waals surface area contributed by atoms with Crippen molar-refractivity contribution < 1.29 is 22.7 Å². The number of thiazole rings is 1. The molecule has 1 aromatic carbocycles. The molecule has 0 radical (unpaired) electrons. The number of aryl methyl sites for hydroxylation is 2. The third-order valence-corrected chi connectivity index (χ3v) is 5.56. The Morgan fingerprint density at radius 2 is 1.71 bits per heavy atom. The second-order valence-electron chi connectivity index (χ2n) is 6.28. The number of hydrogen-bond donors (Lipinski definition) is 0. The lowest BCUT2D eigenvalue weighted by Crippen LogP contribution is -2.11. The van der Waals surface area contributed by atoms with E-state index in [1.165, 1.54) is 7.11 Å². The fourth-order valence-electron chi connectivity index (χ4n) is 3.10. The van der Waals surface area contributed by atoms with Crippen LogP contribution in [-0.4, -0.2) is 23.0 Å². The van der Waals surface area contributed by atoms with Crippen LogP contribution in [0.15, 0.2) is 12.1 Å². The highest BCUT2D eigenvalue weighted by molar-refractivity contribution is 7.18. The van der Waals surface area contributed by atoms with Gasteiger partial charge in [-0.25, -0.2) is 18.2 Å². The molecule has 0 saturated heterocycles. The average molecular weight is 408 g/mol. The number of rotatable bonds is 6. The summed E-state index contributed by atoms with van der Waals surface area (Å²) in [7, 11) is 1.33. The predicted octanol–water partition coefficient (Wildman–Crippen LogP) is 4.54. The summed E-state index contributed by atoms with van der Waals surface area (Å²) in [5.41, 5.74) is 2.92. The molecule has 0 spiro atoms. The SMILES string of the molecule is CCc1nc(CC)c(Cc2nc3c(F)c(F)cc(F)c3s2)cc1CC(=O)OC. The highest BCUT2D eigenvalue weighted by atomic mass is 32.1. The van der Waals surface area contributed by atoms with E-state index in [1.807, 2.05) is 19.9 Å². The number of pyridine rings is 1. The summed E-state index contributed by atoms with van der Waals surface area (Å²) < 4.78 is 46.1. The number of benzene rings is 1. The molecular weight excluding hydrogens is 389 g/mol. The van der Waals surface area contributed by atoms with E-state index in [0.717, 1.165) is 33.9 Å². The molecule has 0 aliphatic carbocycles. The molecule has 2 heterocycles. The first-order valence-electron chi connectivity index (χ1n) is 8.88. The third kappa shape index (κ3) is 3.87. The van der Waals surface area contributed by atoms with Gasteiger partial charge in [0.15, 0.2) is 11.6 Å². The molecule has 8 heteroatoms. The van der Waals surface area contributed by atoms with Gasteiger partial charge in [0.25, 0.3) is 0 Å². The number of ether oxygens (including phenoxy) is 1. The standard InChI is InChI=1S/C20H19F3N2O2S/c1-4-14-10(6-11(8-17(26)27-3)15(5-2)24-14)7-16-25-19-18(23)12(21)9-13(22)20(19)28-16/h6,9H,4-5,7-8H2,1-3H3. The monoisotopic (exact) mass is 408 g/mol. The van der Waals surface area contributed by atoms with Gasteiger partial charge >= 0.3 is 5.97 Å². The van der Waals surface area contributed by atoms with Crippen molar-refractivity contribution in [1.82, 2.24) is 9.97 Å². The smallest absolute Gasteiger partial charge is 0.310 e. The van der Waals surface area contributed by atoms with E-state index in [2.05, 4.69) is 9.97 Å². The van der Waals surface area contributed by atoms with Gasteiger partial charge in [0.05, 0.1) is 23.2 Å². The van der Waals surface area contributed by atoms with E-state index in [4.69, 9.17) is 4.74 Å². The van der Waals surface area contributed by atoms with E-state index in [9.17, 15) is 18.0 Å². The van der Waals surface area contributed by atoms with Crippen LogP contribution in [0.1, 0.15) is 41.4 Å². The normalized spacial score (nSPS) is 11.2. The molecule has 0 amide bonds. The fraction of sp³-hybridized carbons (Fsp3) is 0.350. The quantitative estimate of drug-likeness (QED) is 0.444.